The molecule has 11 rings (SSSR count). The number of carbonyl (C=O) groups is 4. The van der Waals surface area contributed by atoms with Gasteiger partial charge in [0, 0.05) is 97.3 Å². The number of aryl methyl sites for hydroxylation is 1. The molecule has 15 nitrogen and oxygen atoms in total. The summed E-state index contributed by atoms with van der Waals surface area (Å²) in [5.41, 5.74) is 5.50. The fraction of sp³-hybridized carbons (Fsp3) is 0.491. The van der Waals surface area contributed by atoms with Crippen LogP contribution in [0.1, 0.15) is 116 Å². The Bertz CT molecular complexity index is 3150. The van der Waals surface area contributed by atoms with E-state index in [0.29, 0.717) is 37.3 Å². The quantitative estimate of drug-likeness (QED) is 0.0834. The van der Waals surface area contributed by atoms with Gasteiger partial charge in [-0.15, -0.1) is 0 Å². The van der Waals surface area contributed by atoms with Crippen molar-refractivity contribution in [1.29, 1.82) is 0 Å². The maximum atomic E-state index is 16.5. The minimum absolute atomic E-state index is 0.0440. The van der Waals surface area contributed by atoms with Gasteiger partial charge in [0.15, 0.2) is 28.8 Å². The molecule has 77 heavy (non-hydrogen) atoms. The Balaban J connectivity index is 0.688. The molecule has 20 heteroatoms. The Labute approximate surface area is 448 Å². The second kappa shape index (κ2) is 20.8. The maximum Gasteiger partial charge on any atom is 0.329 e. The van der Waals surface area contributed by atoms with Crippen molar-refractivity contribution in [2.75, 3.05) is 57.4 Å². The zero-order valence-electron chi connectivity index (χ0n) is 43.1. The van der Waals surface area contributed by atoms with Gasteiger partial charge in [-0.1, -0.05) is 48.9 Å². The van der Waals surface area contributed by atoms with E-state index in [2.05, 4.69) is 20.6 Å². The Hall–Kier alpha value is -6.28. The summed E-state index contributed by atoms with van der Waals surface area (Å²) in [6.07, 6.45) is 8.26. The first-order valence-electron chi connectivity index (χ1n) is 26.9. The summed E-state index contributed by atoms with van der Waals surface area (Å²) in [5, 5.41) is 19.5. The van der Waals surface area contributed by atoms with Crippen LogP contribution in [0.4, 0.5) is 28.2 Å². The normalized spacial score (nSPS) is 24.0. The standard InChI is InChI=1S/C57H63ClF4N8O7/c1-31-44-42(27-40(60)48(58)47(44)46-37(52(63)73)12-13-41(49(46)61)76-25-24-71)77-57(31,34-6-4-3-5-7-34)28-64-35-10-8-33(9-11-35)54(74)69-29-56(30-69)19-14-36(15-20-56)68-21-16-32(17-22-68)45-39(59)26-38-51(50(45)62)67(2)66-53(38)70-23-18-43(72)65-55(70)75/h3-7,12-13,26-27,31-33,35-36,64,71H,8-11,14-25,28-30H2,1-2H3,(H2,63,73)(H,65,72,75). The van der Waals surface area contributed by atoms with E-state index in [1.807, 2.05) is 42.2 Å². The van der Waals surface area contributed by atoms with Gasteiger partial charge in [-0.05, 0) is 107 Å². The summed E-state index contributed by atoms with van der Waals surface area (Å²) in [6.45, 7) is 4.58. The van der Waals surface area contributed by atoms with Crippen LogP contribution in [0.3, 0.4) is 0 Å². The highest BCUT2D eigenvalue weighted by Crippen LogP contribution is 2.57. The minimum Gasteiger partial charge on any atom is -0.488 e. The zero-order valence-corrected chi connectivity index (χ0v) is 43.9. The van der Waals surface area contributed by atoms with Gasteiger partial charge in [-0.25, -0.2) is 22.4 Å². The number of hydrogen-bond donors (Lipinski definition) is 4. The number of nitrogens with zero attached hydrogens (tertiary/aromatic N) is 5. The number of piperidine rings is 1. The summed E-state index contributed by atoms with van der Waals surface area (Å²) in [7, 11) is 1.57. The van der Waals surface area contributed by atoms with Gasteiger partial charge in [0.25, 0.3) is 0 Å². The number of urea groups is 1. The number of hydrogen-bond acceptors (Lipinski definition) is 10. The molecule has 2 atom stereocenters. The topological polar surface area (TPSA) is 185 Å². The molecule has 5 aromatic rings. The third-order valence-corrected chi connectivity index (χ3v) is 18.2. The summed E-state index contributed by atoms with van der Waals surface area (Å²) in [6, 6.07) is 14.2. The molecule has 2 unspecified atom stereocenters. The van der Waals surface area contributed by atoms with Crippen molar-refractivity contribution in [1.82, 2.24) is 30.2 Å². The van der Waals surface area contributed by atoms with Crippen LogP contribution in [0.25, 0.3) is 22.0 Å². The number of aliphatic hydroxyl groups is 1. The predicted molar refractivity (Wildman–Crippen MR) is 280 cm³/mol. The van der Waals surface area contributed by atoms with Crippen LogP contribution in [0.15, 0.2) is 54.6 Å². The van der Waals surface area contributed by atoms with E-state index in [0.717, 1.165) is 70.3 Å². The molecule has 5 N–H and O–H groups in total. The number of benzene rings is 4. The number of carbonyl (C=O) groups excluding carboxylic acids is 4. The molecule has 3 saturated heterocycles. The largest absolute Gasteiger partial charge is 0.488 e. The number of halogens is 5. The fourth-order valence-corrected chi connectivity index (χ4v) is 13.9. The smallest absolute Gasteiger partial charge is 0.329 e. The number of nitrogens with two attached hydrogens (primary N) is 1. The van der Waals surface area contributed by atoms with E-state index >= 15 is 17.6 Å². The van der Waals surface area contributed by atoms with E-state index in [4.69, 9.17) is 26.8 Å². The monoisotopic (exact) mass is 1080 g/mol. The Morgan fingerprint density at radius 1 is 0.909 bits per heavy atom. The number of ether oxygens (including phenoxy) is 2. The van der Waals surface area contributed by atoms with Crippen LogP contribution >= 0.6 is 11.6 Å². The molecule has 5 fully saturated rings. The summed E-state index contributed by atoms with van der Waals surface area (Å²) in [4.78, 5) is 56.9. The van der Waals surface area contributed by atoms with Crippen molar-refractivity contribution in [2.45, 2.75) is 107 Å². The van der Waals surface area contributed by atoms with Crippen LogP contribution in [-0.4, -0.2) is 113 Å². The lowest BCUT2D eigenvalue weighted by atomic mass is 9.66. The lowest BCUT2D eigenvalue weighted by Gasteiger charge is -2.55. The fourth-order valence-electron chi connectivity index (χ4n) is 13.7. The van der Waals surface area contributed by atoms with Crippen molar-refractivity contribution in [3.8, 4) is 22.6 Å². The van der Waals surface area contributed by atoms with Crippen molar-refractivity contribution < 1.29 is 51.3 Å². The van der Waals surface area contributed by atoms with Crippen LogP contribution in [0.5, 0.6) is 11.5 Å². The lowest BCUT2D eigenvalue weighted by molar-refractivity contribution is -0.152. The average Bonchev–Trinajstić information content (AvgIpc) is 4.02. The number of nitrogens with one attached hydrogen (secondary N) is 2. The molecule has 0 bridgehead atoms. The van der Waals surface area contributed by atoms with Gasteiger partial charge >= 0.3 is 6.03 Å². The molecule has 408 valence electrons. The number of likely N-dealkylation sites (tertiary alicyclic amines) is 2. The number of amides is 5. The van der Waals surface area contributed by atoms with E-state index in [1.54, 1.807) is 7.05 Å². The minimum atomic E-state index is -1.12. The van der Waals surface area contributed by atoms with Gasteiger partial charge in [0.1, 0.15) is 29.5 Å². The highest BCUT2D eigenvalue weighted by atomic mass is 35.5. The van der Waals surface area contributed by atoms with Crippen molar-refractivity contribution in [2.24, 2.45) is 24.1 Å². The van der Waals surface area contributed by atoms with Crippen molar-refractivity contribution in [3.05, 3.63) is 105 Å². The molecule has 5 heterocycles. The molecule has 1 spiro atoms. The van der Waals surface area contributed by atoms with Gasteiger partial charge in [0.2, 0.25) is 17.7 Å². The molecule has 6 aliphatic rings. The average molecular weight is 1080 g/mol. The Kier molecular flexibility index (Phi) is 14.3. The molecular formula is C57H63ClF4N8O7. The van der Waals surface area contributed by atoms with Gasteiger partial charge < -0.3 is 35.4 Å². The summed E-state index contributed by atoms with van der Waals surface area (Å²) < 4.78 is 78.2. The maximum absolute atomic E-state index is 16.5. The first-order chi connectivity index (χ1) is 37.0. The van der Waals surface area contributed by atoms with E-state index in [9.17, 15) is 24.3 Å². The molecule has 4 aromatic carbocycles. The number of fused-ring (bicyclic) bond motifs is 2. The molecule has 5 amide bonds. The zero-order chi connectivity index (χ0) is 54.1. The molecule has 4 aliphatic heterocycles. The number of aromatic nitrogens is 2. The molecule has 2 aliphatic carbocycles. The van der Waals surface area contributed by atoms with E-state index in [-0.39, 0.29) is 106 Å². The lowest BCUT2D eigenvalue weighted by Crippen LogP contribution is -2.62. The Morgan fingerprint density at radius 2 is 1.62 bits per heavy atom. The predicted octanol–water partition coefficient (Wildman–Crippen LogP) is 8.56. The molecule has 0 radical (unpaired) electrons. The third-order valence-electron chi connectivity index (χ3n) is 17.8. The summed E-state index contributed by atoms with van der Waals surface area (Å²) in [5.74, 6) is -5.31. The second-order valence-electron chi connectivity index (χ2n) is 22.1. The van der Waals surface area contributed by atoms with Crippen LogP contribution in [-0.2, 0) is 22.2 Å². The second-order valence-corrected chi connectivity index (χ2v) is 22.5. The van der Waals surface area contributed by atoms with Crippen LogP contribution in [0.2, 0.25) is 5.02 Å². The van der Waals surface area contributed by atoms with E-state index in [1.165, 1.54) is 33.8 Å². The number of anilines is 1. The Morgan fingerprint density at radius 3 is 2.30 bits per heavy atom. The number of aliphatic hydroxyl groups excluding tert-OH is 1. The summed E-state index contributed by atoms with van der Waals surface area (Å²) >= 11 is 6.73. The third kappa shape index (κ3) is 9.37. The molecule has 2 saturated carbocycles. The highest BCUT2D eigenvalue weighted by molar-refractivity contribution is 6.34. The molecule has 1 aromatic heterocycles. The first-order valence-corrected chi connectivity index (χ1v) is 27.2. The number of rotatable bonds is 13. The first kappa shape index (κ1) is 52.8. The van der Waals surface area contributed by atoms with Crippen molar-refractivity contribution in [3.63, 3.8) is 0 Å². The van der Waals surface area contributed by atoms with Gasteiger partial charge in [0.05, 0.1) is 22.6 Å². The molecular weight excluding hydrogens is 1020 g/mol. The number of primary amides is 1. The highest BCUT2D eigenvalue weighted by Gasteiger charge is 2.52. The SMILES string of the molecule is CC1c2c(cc(F)c(Cl)c2-c2c(C(N)=O)ccc(OCCO)c2F)OC1(CNC1CCC(C(=O)N2CC3(CCC(N4CCC(c5c(F)cc6c(N7CCC(=O)NC7=O)nn(C)c6c5F)CC4)CC3)C2)CC1)c1ccccc1. The van der Waals surface area contributed by atoms with Crippen molar-refractivity contribution >= 4 is 52.1 Å². The number of imide groups is 1. The van der Waals surface area contributed by atoms with Crippen LogP contribution < -0.4 is 30.7 Å². The van der Waals surface area contributed by atoms with Crippen LogP contribution in [0, 0.1) is 34.6 Å². The van der Waals surface area contributed by atoms with Gasteiger partial charge in [-0.2, -0.15) is 5.10 Å². The van der Waals surface area contributed by atoms with Gasteiger partial charge in [-0.3, -0.25) is 29.3 Å². The van der Waals surface area contributed by atoms with E-state index < -0.39 is 64.3 Å².